The van der Waals surface area contributed by atoms with E-state index >= 15 is 0 Å². The summed E-state index contributed by atoms with van der Waals surface area (Å²) in [5.41, 5.74) is 6.31. The summed E-state index contributed by atoms with van der Waals surface area (Å²) in [6, 6.07) is 3.89. The molecule has 0 radical (unpaired) electrons. The van der Waals surface area contributed by atoms with Crippen molar-refractivity contribution in [1.29, 1.82) is 0 Å². The van der Waals surface area contributed by atoms with Crippen LogP contribution >= 0.6 is 0 Å². The van der Waals surface area contributed by atoms with Gasteiger partial charge in [-0.2, -0.15) is 0 Å². The molecule has 1 heterocycles. The highest BCUT2D eigenvalue weighted by Crippen LogP contribution is 2.77. The summed E-state index contributed by atoms with van der Waals surface area (Å²) in [5, 5.41) is 0. The smallest absolute Gasteiger partial charge is 0.250 e. The lowest BCUT2D eigenvalue weighted by Gasteiger charge is -2.63. The normalized spacial score (nSPS) is 36.9. The molecule has 116 valence electrons. The Labute approximate surface area is 132 Å². The Morgan fingerprint density at radius 3 is 2.68 bits per heavy atom. The third-order valence-electron chi connectivity index (χ3n) is 6.74. The van der Waals surface area contributed by atoms with Crippen molar-refractivity contribution in [2.75, 3.05) is 0 Å². The van der Waals surface area contributed by atoms with Gasteiger partial charge >= 0.3 is 0 Å². The van der Waals surface area contributed by atoms with Crippen LogP contribution in [0.5, 0.6) is 0 Å². The third-order valence-corrected chi connectivity index (χ3v) is 6.74. The van der Waals surface area contributed by atoms with Gasteiger partial charge in [-0.25, -0.2) is 0 Å². The highest BCUT2D eigenvalue weighted by molar-refractivity contribution is 5.61. The minimum Gasteiger partial charge on any atom is -0.315 e. The van der Waals surface area contributed by atoms with E-state index in [0.717, 1.165) is 6.42 Å². The monoisotopic (exact) mass is 295 g/mol. The van der Waals surface area contributed by atoms with Gasteiger partial charge in [0.05, 0.1) is 0 Å². The van der Waals surface area contributed by atoms with Gasteiger partial charge in [-0.3, -0.25) is 4.79 Å². The molecule has 0 saturated heterocycles. The number of nitrogens with zero attached hydrogens (tertiary/aromatic N) is 1. The number of pyridine rings is 1. The molecule has 1 spiro atoms. The maximum atomic E-state index is 12.1. The molecule has 1 aromatic rings. The van der Waals surface area contributed by atoms with Crippen molar-refractivity contribution < 1.29 is 0 Å². The number of hydrogen-bond donors (Lipinski definition) is 0. The minimum atomic E-state index is 0.122. The van der Waals surface area contributed by atoms with E-state index in [1.54, 1.807) is 11.6 Å². The molecule has 3 aliphatic carbocycles. The number of fused-ring (bicyclic) bond motifs is 2. The molecule has 0 aliphatic heterocycles. The highest BCUT2D eigenvalue weighted by atomic mass is 16.1. The fraction of sp³-hybridized carbons (Fsp3) is 0.550. The van der Waals surface area contributed by atoms with Gasteiger partial charge in [0.15, 0.2) is 0 Å². The summed E-state index contributed by atoms with van der Waals surface area (Å²) >= 11 is 0. The van der Waals surface area contributed by atoms with Crippen molar-refractivity contribution in [2.45, 2.75) is 46.0 Å². The van der Waals surface area contributed by atoms with E-state index in [-0.39, 0.29) is 16.4 Å². The number of rotatable bonds is 1. The lowest BCUT2D eigenvalue weighted by Crippen LogP contribution is -2.61. The minimum absolute atomic E-state index is 0.122. The number of aromatic nitrogens is 1. The molecule has 0 aromatic carbocycles. The van der Waals surface area contributed by atoms with Crippen LogP contribution in [-0.4, -0.2) is 4.57 Å². The maximum Gasteiger partial charge on any atom is 0.250 e. The first-order valence-electron chi connectivity index (χ1n) is 8.43. The molecule has 1 saturated carbocycles. The lowest BCUT2D eigenvalue weighted by atomic mass is 9.38. The topological polar surface area (TPSA) is 22.0 Å². The molecule has 2 heteroatoms. The fourth-order valence-electron chi connectivity index (χ4n) is 6.25. The Morgan fingerprint density at radius 1 is 1.32 bits per heavy atom. The van der Waals surface area contributed by atoms with E-state index in [4.69, 9.17) is 0 Å². The molecule has 0 bridgehead atoms. The van der Waals surface area contributed by atoms with Gasteiger partial charge < -0.3 is 4.57 Å². The number of hydrogen-bond acceptors (Lipinski definition) is 1. The van der Waals surface area contributed by atoms with Crippen molar-refractivity contribution in [3.8, 4) is 0 Å². The van der Waals surface area contributed by atoms with E-state index in [1.807, 2.05) is 11.6 Å². The molecule has 0 amide bonds. The molecule has 2 nitrogen and oxygen atoms in total. The predicted octanol–water partition coefficient (Wildman–Crippen LogP) is 3.75. The average Bonchev–Trinajstić information content (AvgIpc) is 2.87. The van der Waals surface area contributed by atoms with Crippen LogP contribution < -0.4 is 5.56 Å². The average molecular weight is 295 g/mol. The van der Waals surface area contributed by atoms with Crippen LogP contribution in [0.3, 0.4) is 0 Å². The first-order chi connectivity index (χ1) is 10.4. The summed E-state index contributed by atoms with van der Waals surface area (Å²) in [6.45, 7) is 9.17. The predicted molar refractivity (Wildman–Crippen MR) is 90.0 cm³/mol. The van der Waals surface area contributed by atoms with E-state index in [0.29, 0.717) is 11.8 Å². The lowest BCUT2D eigenvalue weighted by molar-refractivity contribution is 0.00902. The summed E-state index contributed by atoms with van der Waals surface area (Å²) in [7, 11) is 1.94. The zero-order valence-electron chi connectivity index (χ0n) is 14.2. The molecule has 1 aromatic heterocycles. The van der Waals surface area contributed by atoms with Crippen LogP contribution in [0.15, 0.2) is 40.2 Å². The first-order valence-corrected chi connectivity index (χ1v) is 8.43. The van der Waals surface area contributed by atoms with Crippen LogP contribution in [0.4, 0.5) is 0 Å². The Balaban J connectivity index is 2.06. The van der Waals surface area contributed by atoms with E-state index < -0.39 is 0 Å². The van der Waals surface area contributed by atoms with Crippen molar-refractivity contribution in [3.05, 3.63) is 57.0 Å². The van der Waals surface area contributed by atoms with E-state index in [1.165, 1.54) is 23.3 Å². The van der Waals surface area contributed by atoms with Gasteiger partial charge in [0.1, 0.15) is 0 Å². The van der Waals surface area contributed by atoms with E-state index in [9.17, 15) is 4.79 Å². The second kappa shape index (κ2) is 4.04. The van der Waals surface area contributed by atoms with Crippen molar-refractivity contribution in [2.24, 2.45) is 24.3 Å². The van der Waals surface area contributed by atoms with Gasteiger partial charge in [-0.1, -0.05) is 43.2 Å². The largest absolute Gasteiger partial charge is 0.315 e. The van der Waals surface area contributed by atoms with Gasteiger partial charge in [0.25, 0.3) is 0 Å². The van der Waals surface area contributed by atoms with Gasteiger partial charge in [0, 0.05) is 35.6 Å². The molecule has 0 N–H and O–H groups in total. The quantitative estimate of drug-likeness (QED) is 0.723. The first kappa shape index (κ1) is 14.0. The van der Waals surface area contributed by atoms with Crippen LogP contribution in [0.1, 0.15) is 45.4 Å². The molecule has 2 unspecified atom stereocenters. The van der Waals surface area contributed by atoms with Crippen molar-refractivity contribution >= 4 is 0 Å². The van der Waals surface area contributed by atoms with E-state index in [2.05, 4.69) is 45.9 Å². The molecule has 4 rings (SSSR count). The Kier molecular flexibility index (Phi) is 2.58. The van der Waals surface area contributed by atoms with Crippen LogP contribution in [0.25, 0.3) is 0 Å². The molecule has 3 aliphatic rings. The standard InChI is InChI=1S/C20H25NO/c1-6-14-16-9-13(4)10-19(16)11-17-15(20(14,19)12(2)3)7-8-18(22)21(17)5/h6-9,12,16H,10-11H2,1-5H3/t16?,19?,20-/m0/s1. The molecule has 3 atom stereocenters. The molecular formula is C20H25NO. The summed E-state index contributed by atoms with van der Waals surface area (Å²) in [5.74, 6) is 1.12. The van der Waals surface area contributed by atoms with Crippen molar-refractivity contribution in [1.82, 2.24) is 4.57 Å². The highest BCUT2D eigenvalue weighted by Gasteiger charge is 2.74. The third kappa shape index (κ3) is 1.20. The second-order valence-electron chi connectivity index (χ2n) is 7.80. The Morgan fingerprint density at radius 2 is 2.05 bits per heavy atom. The second-order valence-corrected chi connectivity index (χ2v) is 7.80. The van der Waals surface area contributed by atoms with Crippen molar-refractivity contribution in [3.63, 3.8) is 0 Å². The fourth-order valence-corrected chi connectivity index (χ4v) is 6.25. The Bertz CT molecular complexity index is 794. The summed E-state index contributed by atoms with van der Waals surface area (Å²) in [4.78, 5) is 12.1. The molecule has 22 heavy (non-hydrogen) atoms. The van der Waals surface area contributed by atoms with Gasteiger partial charge in [-0.15, -0.1) is 0 Å². The maximum absolute atomic E-state index is 12.1. The zero-order valence-corrected chi connectivity index (χ0v) is 14.2. The van der Waals surface area contributed by atoms with Crippen LogP contribution in [0.2, 0.25) is 0 Å². The zero-order chi connectivity index (χ0) is 15.9. The van der Waals surface area contributed by atoms with Crippen LogP contribution in [0, 0.1) is 17.3 Å². The number of allylic oxidation sites excluding steroid dienone is 4. The van der Waals surface area contributed by atoms with Crippen LogP contribution in [-0.2, 0) is 18.9 Å². The van der Waals surface area contributed by atoms with Gasteiger partial charge in [0.2, 0.25) is 5.56 Å². The SMILES string of the molecule is CC=C1C2C=C(C)CC23Cc2c(ccc(=O)n2C)[C@]13C(C)C. The molecule has 1 fully saturated rings. The summed E-state index contributed by atoms with van der Waals surface area (Å²) in [6.07, 6.45) is 7.05. The van der Waals surface area contributed by atoms with Gasteiger partial charge in [-0.05, 0) is 38.2 Å². The summed E-state index contributed by atoms with van der Waals surface area (Å²) < 4.78 is 1.89. The Hall–Kier alpha value is -1.57. The molecular weight excluding hydrogens is 270 g/mol.